The van der Waals surface area contributed by atoms with Crippen molar-refractivity contribution in [2.45, 2.75) is 39.1 Å². The summed E-state index contributed by atoms with van der Waals surface area (Å²) in [5, 5.41) is 10.1. The van der Waals surface area contributed by atoms with Gasteiger partial charge in [0.05, 0.1) is 11.6 Å². The van der Waals surface area contributed by atoms with E-state index in [0.29, 0.717) is 21.9 Å². The number of hydrogen-bond donors (Lipinski definition) is 2. The minimum Gasteiger partial charge on any atom is -0.486 e. The molecule has 2 rings (SSSR count). The van der Waals surface area contributed by atoms with Gasteiger partial charge in [0.15, 0.2) is 0 Å². The van der Waals surface area contributed by atoms with E-state index in [1.807, 2.05) is 0 Å². The first-order valence-electron chi connectivity index (χ1n) is 8.22. The van der Waals surface area contributed by atoms with Gasteiger partial charge >= 0.3 is 12.2 Å². The van der Waals surface area contributed by atoms with E-state index >= 15 is 0 Å². The van der Waals surface area contributed by atoms with E-state index in [0.717, 1.165) is 17.7 Å². The third kappa shape index (κ3) is 4.91. The number of nitrogens with two attached hydrogens (primary N) is 1. The maximum atomic E-state index is 12.6. The molecule has 0 saturated carbocycles. The van der Waals surface area contributed by atoms with Crippen LogP contribution in [-0.2, 0) is 6.18 Å². The van der Waals surface area contributed by atoms with Crippen molar-refractivity contribution in [3.63, 3.8) is 0 Å². The van der Waals surface area contributed by atoms with Crippen LogP contribution in [-0.4, -0.2) is 16.3 Å². The van der Waals surface area contributed by atoms with E-state index in [4.69, 9.17) is 10.5 Å². The van der Waals surface area contributed by atoms with Gasteiger partial charge in [0, 0.05) is 0 Å². The molecule has 3 N–H and O–H groups in total. The summed E-state index contributed by atoms with van der Waals surface area (Å²) in [7, 11) is 0. The lowest BCUT2D eigenvalue weighted by Gasteiger charge is -2.22. The molecule has 0 bridgehead atoms. The number of halogens is 3. The molecule has 0 fully saturated rings. The Morgan fingerprint density at radius 3 is 2.15 bits per heavy atom. The normalized spacial score (nSPS) is 13.7. The summed E-state index contributed by atoms with van der Waals surface area (Å²) in [6.07, 6.45) is -4.84. The summed E-state index contributed by atoms with van der Waals surface area (Å²) in [5.41, 5.74) is 6.35. The molecule has 2 aromatic rings. The van der Waals surface area contributed by atoms with Crippen LogP contribution < -0.4 is 10.5 Å². The van der Waals surface area contributed by atoms with E-state index in [9.17, 15) is 23.2 Å². The zero-order valence-electron chi connectivity index (χ0n) is 15.1. The van der Waals surface area contributed by atoms with Gasteiger partial charge in [-0.15, -0.1) is 0 Å². The summed E-state index contributed by atoms with van der Waals surface area (Å²) >= 11 is 0. The number of urea groups is 1. The quantitative estimate of drug-likeness (QED) is 0.565. The predicted molar refractivity (Wildman–Crippen MR) is 93.3 cm³/mol. The number of amides is 2. The molecule has 0 radical (unpaired) electrons. The lowest BCUT2D eigenvalue weighted by molar-refractivity contribution is -0.137. The Morgan fingerprint density at radius 2 is 1.67 bits per heavy atom. The van der Waals surface area contributed by atoms with E-state index < -0.39 is 29.9 Å². The summed E-state index contributed by atoms with van der Waals surface area (Å²) < 4.78 is 43.8. The van der Waals surface area contributed by atoms with E-state index in [1.165, 1.54) is 12.1 Å². The first-order chi connectivity index (χ1) is 12.5. The molecule has 2 aromatic carbocycles. The number of primary amides is 1. The van der Waals surface area contributed by atoms with Gasteiger partial charge in [-0.1, -0.05) is 24.3 Å². The summed E-state index contributed by atoms with van der Waals surface area (Å²) in [4.78, 5) is 11.1. The second-order valence-corrected chi connectivity index (χ2v) is 6.26. The minimum atomic E-state index is -4.38. The second kappa shape index (κ2) is 7.87. The van der Waals surface area contributed by atoms with Crippen molar-refractivity contribution in [3.8, 4) is 5.75 Å². The zero-order valence-corrected chi connectivity index (χ0v) is 15.1. The van der Waals surface area contributed by atoms with Crippen molar-refractivity contribution in [3.05, 3.63) is 64.7 Å². The number of nitrogens with zero attached hydrogens (tertiary/aromatic N) is 1. The molecule has 2 unspecified atom stereocenters. The second-order valence-electron chi connectivity index (χ2n) is 6.26. The number of hydroxylamine groups is 2. The van der Waals surface area contributed by atoms with Crippen molar-refractivity contribution in [1.29, 1.82) is 0 Å². The predicted octanol–water partition coefficient (Wildman–Crippen LogP) is 4.98. The maximum absolute atomic E-state index is 12.6. The van der Waals surface area contributed by atoms with Crippen molar-refractivity contribution in [2.24, 2.45) is 5.73 Å². The van der Waals surface area contributed by atoms with Crippen molar-refractivity contribution < 1.29 is 27.9 Å². The largest absolute Gasteiger partial charge is 0.486 e. The maximum Gasteiger partial charge on any atom is 0.416 e. The molecule has 0 spiro atoms. The standard InChI is InChI=1S/C19H21F3N2O3/c1-11-10-15(12(2)24(26)18(23)25)6-9-17(11)27-13(3)14-4-7-16(8-5-14)19(20,21)22/h4-10,12-13,26H,1-3H3,(H2,23,25). The topological polar surface area (TPSA) is 75.8 Å². The number of aryl methyl sites for hydroxylation is 1. The summed E-state index contributed by atoms with van der Waals surface area (Å²) in [6, 6.07) is 8.31. The van der Waals surface area contributed by atoms with Crippen LogP contribution in [0.3, 0.4) is 0 Å². The van der Waals surface area contributed by atoms with Gasteiger partial charge in [-0.3, -0.25) is 5.21 Å². The van der Waals surface area contributed by atoms with Crippen molar-refractivity contribution in [2.75, 3.05) is 0 Å². The molecule has 0 aliphatic heterocycles. The Morgan fingerprint density at radius 1 is 1.11 bits per heavy atom. The molecule has 146 valence electrons. The van der Waals surface area contributed by atoms with Crippen LogP contribution in [0.1, 0.15) is 48.2 Å². The highest BCUT2D eigenvalue weighted by Crippen LogP contribution is 2.32. The third-order valence-electron chi connectivity index (χ3n) is 4.29. The van der Waals surface area contributed by atoms with Gasteiger partial charge in [0.1, 0.15) is 11.9 Å². The number of hydrogen-bond acceptors (Lipinski definition) is 3. The fraction of sp³-hybridized carbons (Fsp3) is 0.316. The third-order valence-corrected chi connectivity index (χ3v) is 4.29. The van der Waals surface area contributed by atoms with Crippen LogP contribution in [0.2, 0.25) is 0 Å². The first-order valence-corrected chi connectivity index (χ1v) is 8.22. The van der Waals surface area contributed by atoms with E-state index in [2.05, 4.69) is 0 Å². The number of ether oxygens (including phenoxy) is 1. The first kappa shape index (κ1) is 20.6. The van der Waals surface area contributed by atoms with Gasteiger partial charge in [-0.2, -0.15) is 18.2 Å². The molecule has 0 aliphatic rings. The smallest absolute Gasteiger partial charge is 0.416 e. The zero-order chi connectivity index (χ0) is 20.4. The van der Waals surface area contributed by atoms with Crippen LogP contribution in [0.4, 0.5) is 18.0 Å². The SMILES string of the molecule is Cc1cc(C(C)N(O)C(N)=O)ccc1OC(C)c1ccc(C(F)(F)F)cc1. The molecule has 8 heteroatoms. The Hall–Kier alpha value is -2.74. The van der Waals surface area contributed by atoms with Crippen LogP contribution in [0.25, 0.3) is 0 Å². The molecular weight excluding hydrogens is 361 g/mol. The molecule has 0 aliphatic carbocycles. The number of rotatable bonds is 5. The number of alkyl halides is 3. The molecular formula is C19H21F3N2O3. The van der Waals surface area contributed by atoms with E-state index in [-0.39, 0.29) is 0 Å². The fourth-order valence-electron chi connectivity index (χ4n) is 2.60. The molecule has 27 heavy (non-hydrogen) atoms. The van der Waals surface area contributed by atoms with Crippen molar-refractivity contribution in [1.82, 2.24) is 5.06 Å². The molecule has 0 heterocycles. The van der Waals surface area contributed by atoms with Crippen LogP contribution in [0, 0.1) is 6.92 Å². The van der Waals surface area contributed by atoms with Crippen molar-refractivity contribution >= 4 is 6.03 Å². The van der Waals surface area contributed by atoms with Gasteiger partial charge in [0.25, 0.3) is 0 Å². The lowest BCUT2D eigenvalue weighted by atomic mass is 10.0. The highest BCUT2D eigenvalue weighted by atomic mass is 19.4. The fourth-order valence-corrected chi connectivity index (χ4v) is 2.60. The lowest BCUT2D eigenvalue weighted by Crippen LogP contribution is -2.34. The highest BCUT2D eigenvalue weighted by Gasteiger charge is 2.30. The molecule has 0 saturated heterocycles. The van der Waals surface area contributed by atoms with Crippen LogP contribution in [0.15, 0.2) is 42.5 Å². The summed E-state index contributed by atoms with van der Waals surface area (Å²) in [6.45, 7) is 5.14. The number of carbonyl (C=O) groups is 1. The number of benzene rings is 2. The van der Waals surface area contributed by atoms with Gasteiger partial charge in [-0.05, 0) is 55.7 Å². The Balaban J connectivity index is 2.14. The monoisotopic (exact) mass is 382 g/mol. The Bertz CT molecular complexity index is 807. The molecule has 5 nitrogen and oxygen atoms in total. The Kier molecular flexibility index (Phi) is 6.00. The highest BCUT2D eigenvalue weighted by molar-refractivity contribution is 5.71. The average Bonchev–Trinajstić information content (AvgIpc) is 2.61. The van der Waals surface area contributed by atoms with E-state index in [1.54, 1.807) is 39.0 Å². The Labute approximate surface area is 155 Å². The molecule has 2 amide bonds. The summed E-state index contributed by atoms with van der Waals surface area (Å²) in [5.74, 6) is 0.543. The number of carbonyl (C=O) groups excluding carboxylic acids is 1. The average molecular weight is 382 g/mol. The van der Waals surface area contributed by atoms with Gasteiger partial charge in [0.2, 0.25) is 0 Å². The van der Waals surface area contributed by atoms with Crippen LogP contribution >= 0.6 is 0 Å². The molecule has 2 atom stereocenters. The van der Waals surface area contributed by atoms with Gasteiger partial charge < -0.3 is 10.5 Å². The minimum absolute atomic E-state index is 0.431. The van der Waals surface area contributed by atoms with Gasteiger partial charge in [-0.25, -0.2) is 4.79 Å². The molecule has 0 aromatic heterocycles. The van der Waals surface area contributed by atoms with Crippen LogP contribution in [0.5, 0.6) is 5.75 Å².